The molecule has 11 heteroatoms. The molecule has 0 rings (SSSR count). The van der Waals surface area contributed by atoms with Gasteiger partial charge >= 0.3 is 19.8 Å². The normalized spacial score (nSPS) is 14.3. The van der Waals surface area contributed by atoms with E-state index in [1.165, 1.54) is 70.6 Å². The molecule has 0 radical (unpaired) electrons. The topological polar surface area (TPSA) is 149 Å². The highest BCUT2D eigenvalue weighted by molar-refractivity contribution is 7.47. The van der Waals surface area contributed by atoms with E-state index in [0.29, 0.717) is 12.8 Å². The lowest BCUT2D eigenvalue weighted by Gasteiger charge is -2.20. The summed E-state index contributed by atoms with van der Waals surface area (Å²) < 4.78 is 32.3. The van der Waals surface area contributed by atoms with Crippen LogP contribution in [-0.2, 0) is 32.7 Å². The lowest BCUT2D eigenvalue weighted by molar-refractivity contribution is -0.153. The Bertz CT molecular complexity index is 894. The zero-order valence-corrected chi connectivity index (χ0v) is 32.5. The van der Waals surface area contributed by atoms with E-state index in [4.69, 9.17) is 18.5 Å². The van der Waals surface area contributed by atoms with Gasteiger partial charge in [0.25, 0.3) is 0 Å². The van der Waals surface area contributed by atoms with E-state index in [1.807, 2.05) is 0 Å². The fraction of sp³-hybridized carbons (Fsp3) is 0.846. The van der Waals surface area contributed by atoms with E-state index in [2.05, 4.69) is 38.2 Å². The summed E-state index contributed by atoms with van der Waals surface area (Å²) in [5.74, 6) is -1.03. The molecule has 0 spiro atoms. The molecule has 3 unspecified atom stereocenters. The third-order valence-corrected chi connectivity index (χ3v) is 9.37. The SMILES string of the molecule is CCCCCCC/C=C\C/C=C\CCCCCCCCCCCC(=O)OC(CO)COP(=O)(O)OCC(CO)OC(=O)CCCCCCCC. The van der Waals surface area contributed by atoms with Crippen molar-refractivity contribution in [2.24, 2.45) is 0 Å². The van der Waals surface area contributed by atoms with Crippen molar-refractivity contribution in [1.82, 2.24) is 0 Å². The van der Waals surface area contributed by atoms with Gasteiger partial charge in [0.15, 0.2) is 0 Å². The summed E-state index contributed by atoms with van der Waals surface area (Å²) in [6.45, 7) is 2.10. The minimum Gasteiger partial charge on any atom is -0.457 e. The Morgan fingerprint density at radius 1 is 0.540 bits per heavy atom. The van der Waals surface area contributed by atoms with Gasteiger partial charge in [-0.1, -0.05) is 141 Å². The van der Waals surface area contributed by atoms with Crippen LogP contribution in [0.5, 0.6) is 0 Å². The number of unbranched alkanes of at least 4 members (excludes halogenated alkanes) is 19. The van der Waals surface area contributed by atoms with Gasteiger partial charge in [-0.25, -0.2) is 4.57 Å². The molecule has 0 aliphatic carbocycles. The summed E-state index contributed by atoms with van der Waals surface area (Å²) >= 11 is 0. The first-order valence-electron chi connectivity index (χ1n) is 19.8. The number of hydrogen-bond acceptors (Lipinski definition) is 9. The molecule has 0 aromatic heterocycles. The number of aliphatic hydroxyl groups is 2. The van der Waals surface area contributed by atoms with Gasteiger partial charge in [0.1, 0.15) is 12.2 Å². The number of aliphatic hydroxyl groups excluding tert-OH is 2. The lowest BCUT2D eigenvalue weighted by Crippen LogP contribution is -2.28. The van der Waals surface area contributed by atoms with Gasteiger partial charge in [-0.3, -0.25) is 18.6 Å². The third kappa shape index (κ3) is 33.6. The Kier molecular flexibility index (Phi) is 34.7. The average molecular weight is 733 g/mol. The van der Waals surface area contributed by atoms with Crippen LogP contribution < -0.4 is 0 Å². The number of rotatable bonds is 37. The molecule has 0 fully saturated rings. The lowest BCUT2D eigenvalue weighted by atomic mass is 10.1. The maximum atomic E-state index is 12.3. The first-order chi connectivity index (χ1) is 24.3. The molecule has 3 atom stereocenters. The molecule has 0 aromatic rings. The van der Waals surface area contributed by atoms with E-state index in [9.17, 15) is 29.3 Å². The molecule has 294 valence electrons. The number of phosphoric acid groups is 1. The first kappa shape index (κ1) is 48.5. The van der Waals surface area contributed by atoms with E-state index in [0.717, 1.165) is 64.2 Å². The molecule has 0 aliphatic rings. The van der Waals surface area contributed by atoms with Crippen LogP contribution in [0.1, 0.15) is 174 Å². The molecule has 0 aliphatic heterocycles. The smallest absolute Gasteiger partial charge is 0.457 e. The highest BCUT2D eigenvalue weighted by Crippen LogP contribution is 2.43. The second-order valence-corrected chi connectivity index (χ2v) is 14.7. The van der Waals surface area contributed by atoms with Crippen LogP contribution in [0.2, 0.25) is 0 Å². The second kappa shape index (κ2) is 35.8. The molecule has 0 heterocycles. The minimum atomic E-state index is -4.62. The van der Waals surface area contributed by atoms with Crippen LogP contribution in [0.4, 0.5) is 0 Å². The van der Waals surface area contributed by atoms with Crippen LogP contribution in [0, 0.1) is 0 Å². The summed E-state index contributed by atoms with van der Waals surface area (Å²) in [7, 11) is -4.62. The number of esters is 2. The van der Waals surface area contributed by atoms with Crippen LogP contribution in [0.15, 0.2) is 24.3 Å². The number of ether oxygens (including phenoxy) is 2. The standard InChI is InChI=1S/C39H73O10P/c1-3-5-7-9-11-12-13-14-15-16-17-18-19-20-21-22-23-24-25-27-29-31-39(43)49-37(33-41)35-47-50(44,45)46-34-36(32-40)48-38(42)30-28-26-10-8-6-4-2/h13-14,16-17,36-37,40-41H,3-12,15,18-35H2,1-2H3,(H,44,45)/b14-13-,17-16-. The number of phosphoric ester groups is 1. The van der Waals surface area contributed by atoms with Gasteiger partial charge in [0.2, 0.25) is 0 Å². The van der Waals surface area contributed by atoms with Crippen molar-refractivity contribution in [2.45, 2.75) is 187 Å². The van der Waals surface area contributed by atoms with Gasteiger partial charge in [0.05, 0.1) is 26.4 Å². The fourth-order valence-electron chi connectivity index (χ4n) is 5.32. The molecule has 10 nitrogen and oxygen atoms in total. The van der Waals surface area contributed by atoms with Crippen LogP contribution in [0.3, 0.4) is 0 Å². The van der Waals surface area contributed by atoms with Crippen LogP contribution in [0.25, 0.3) is 0 Å². The van der Waals surface area contributed by atoms with Gasteiger partial charge in [-0.05, 0) is 44.9 Å². The van der Waals surface area contributed by atoms with Crippen LogP contribution >= 0.6 is 7.82 Å². The third-order valence-electron chi connectivity index (χ3n) is 8.42. The number of carbonyl (C=O) groups is 2. The zero-order valence-electron chi connectivity index (χ0n) is 31.6. The first-order valence-corrected chi connectivity index (χ1v) is 21.3. The summed E-state index contributed by atoms with van der Waals surface area (Å²) in [6.07, 6.45) is 33.4. The quantitative estimate of drug-likeness (QED) is 0.0244. The van der Waals surface area contributed by atoms with Crippen molar-refractivity contribution in [2.75, 3.05) is 26.4 Å². The predicted molar refractivity (Wildman–Crippen MR) is 201 cm³/mol. The predicted octanol–water partition coefficient (Wildman–Crippen LogP) is 9.83. The van der Waals surface area contributed by atoms with Gasteiger partial charge in [0, 0.05) is 12.8 Å². The molecule has 0 aromatic carbocycles. The fourth-order valence-corrected chi connectivity index (χ4v) is 6.10. The van der Waals surface area contributed by atoms with E-state index >= 15 is 0 Å². The monoisotopic (exact) mass is 732 g/mol. The summed E-state index contributed by atoms with van der Waals surface area (Å²) in [6, 6.07) is 0. The van der Waals surface area contributed by atoms with Crippen LogP contribution in [-0.4, -0.2) is 65.7 Å². The maximum absolute atomic E-state index is 12.3. The van der Waals surface area contributed by atoms with Crippen molar-refractivity contribution in [1.29, 1.82) is 0 Å². The van der Waals surface area contributed by atoms with Crippen molar-refractivity contribution in [3.63, 3.8) is 0 Å². The Morgan fingerprint density at radius 3 is 1.24 bits per heavy atom. The maximum Gasteiger partial charge on any atom is 0.472 e. The highest BCUT2D eigenvalue weighted by Gasteiger charge is 2.27. The van der Waals surface area contributed by atoms with Gasteiger partial charge in [-0.15, -0.1) is 0 Å². The molecule has 50 heavy (non-hydrogen) atoms. The van der Waals surface area contributed by atoms with E-state index in [1.54, 1.807) is 0 Å². The zero-order chi connectivity index (χ0) is 37.0. The minimum absolute atomic E-state index is 0.189. The Balaban J connectivity index is 3.86. The summed E-state index contributed by atoms with van der Waals surface area (Å²) in [4.78, 5) is 34.2. The van der Waals surface area contributed by atoms with Crippen molar-refractivity contribution < 1.29 is 47.8 Å². The van der Waals surface area contributed by atoms with Crippen molar-refractivity contribution >= 4 is 19.8 Å². The summed E-state index contributed by atoms with van der Waals surface area (Å²) in [5, 5.41) is 19.0. The number of carbonyl (C=O) groups excluding carboxylic acids is 2. The molecular weight excluding hydrogens is 659 g/mol. The average Bonchev–Trinajstić information content (AvgIpc) is 3.10. The largest absolute Gasteiger partial charge is 0.472 e. The van der Waals surface area contributed by atoms with Gasteiger partial charge in [-0.2, -0.15) is 0 Å². The number of allylic oxidation sites excluding steroid dienone is 4. The Morgan fingerprint density at radius 2 is 0.880 bits per heavy atom. The molecule has 0 amide bonds. The Labute approximate surface area is 304 Å². The highest BCUT2D eigenvalue weighted by atomic mass is 31.2. The molecule has 0 bridgehead atoms. The molecular formula is C39H73O10P. The molecule has 0 saturated carbocycles. The van der Waals surface area contributed by atoms with E-state index < -0.39 is 58.4 Å². The van der Waals surface area contributed by atoms with Gasteiger partial charge < -0.3 is 24.6 Å². The Hall–Kier alpha value is -1.55. The van der Waals surface area contributed by atoms with Crippen molar-refractivity contribution in [3.8, 4) is 0 Å². The summed E-state index contributed by atoms with van der Waals surface area (Å²) in [5.41, 5.74) is 0. The molecule has 0 saturated heterocycles. The molecule has 3 N–H and O–H groups in total. The second-order valence-electron chi connectivity index (χ2n) is 13.3. The number of hydrogen-bond donors (Lipinski definition) is 3. The van der Waals surface area contributed by atoms with E-state index in [-0.39, 0.29) is 12.8 Å². The van der Waals surface area contributed by atoms with Crippen molar-refractivity contribution in [3.05, 3.63) is 24.3 Å².